The molecule has 0 saturated carbocycles. The van der Waals surface area contributed by atoms with E-state index in [4.69, 9.17) is 9.26 Å². The summed E-state index contributed by atoms with van der Waals surface area (Å²) in [5.74, 6) is 0.285. The summed E-state index contributed by atoms with van der Waals surface area (Å²) in [4.78, 5) is 11.6. The number of ether oxygens (including phenoxy) is 1. The lowest BCUT2D eigenvalue weighted by atomic mass is 10.2. The fourth-order valence-corrected chi connectivity index (χ4v) is 1.42. The highest BCUT2D eigenvalue weighted by atomic mass is 16.6. The number of phenolic OH excluding ortho intramolecular Hbond substituents is 1. The maximum Gasteiger partial charge on any atom is 0.413 e. The van der Waals surface area contributed by atoms with Gasteiger partial charge in [0.2, 0.25) is 0 Å². The molecule has 2 rings (SSSR count). The van der Waals surface area contributed by atoms with E-state index >= 15 is 0 Å². The highest BCUT2D eigenvalue weighted by Gasteiger charge is 2.18. The van der Waals surface area contributed by atoms with Crippen LogP contribution in [0.1, 0.15) is 20.8 Å². The van der Waals surface area contributed by atoms with Crippen molar-refractivity contribution in [1.29, 1.82) is 0 Å². The number of aromatic hydroxyl groups is 1. The molecule has 6 heteroatoms. The van der Waals surface area contributed by atoms with Crippen LogP contribution in [0.25, 0.3) is 11.0 Å². The van der Waals surface area contributed by atoms with Crippen molar-refractivity contribution >= 4 is 22.9 Å². The van der Waals surface area contributed by atoms with E-state index in [1.807, 2.05) is 0 Å². The molecule has 96 valence electrons. The number of nitrogens with zero attached hydrogens (tertiary/aromatic N) is 1. The number of carbonyl (C=O) groups excluding carboxylic acids is 1. The van der Waals surface area contributed by atoms with Crippen LogP contribution in [-0.4, -0.2) is 22.0 Å². The molecule has 1 aromatic carbocycles. The van der Waals surface area contributed by atoms with Gasteiger partial charge in [0.15, 0.2) is 11.4 Å². The molecule has 6 nitrogen and oxygen atoms in total. The van der Waals surface area contributed by atoms with Crippen molar-refractivity contribution in [2.24, 2.45) is 0 Å². The van der Waals surface area contributed by atoms with Gasteiger partial charge in [-0.15, -0.1) is 0 Å². The molecule has 2 aromatic rings. The summed E-state index contributed by atoms with van der Waals surface area (Å²) in [5, 5.41) is 16.1. The first-order valence-corrected chi connectivity index (χ1v) is 5.43. The van der Waals surface area contributed by atoms with Gasteiger partial charge in [0.1, 0.15) is 11.4 Å². The first-order chi connectivity index (χ1) is 8.35. The van der Waals surface area contributed by atoms with E-state index < -0.39 is 11.7 Å². The van der Waals surface area contributed by atoms with Crippen LogP contribution >= 0.6 is 0 Å². The molecule has 0 fully saturated rings. The molecular weight excluding hydrogens is 236 g/mol. The number of carbonyl (C=O) groups is 1. The summed E-state index contributed by atoms with van der Waals surface area (Å²) in [7, 11) is 0. The third kappa shape index (κ3) is 2.71. The monoisotopic (exact) mass is 250 g/mol. The van der Waals surface area contributed by atoms with Crippen molar-refractivity contribution < 1.29 is 19.2 Å². The number of benzene rings is 1. The van der Waals surface area contributed by atoms with Gasteiger partial charge in [-0.2, -0.15) is 0 Å². The molecular formula is C12H14N2O4. The minimum atomic E-state index is -0.624. The molecule has 0 aliphatic rings. The molecule has 0 radical (unpaired) electrons. The van der Waals surface area contributed by atoms with Crippen LogP contribution in [0.4, 0.5) is 10.6 Å². The Kier molecular flexibility index (Phi) is 2.86. The number of hydrogen-bond acceptors (Lipinski definition) is 5. The number of aromatic nitrogens is 1. The third-order valence-corrected chi connectivity index (χ3v) is 2.07. The number of nitrogens with one attached hydrogen (secondary N) is 1. The molecule has 0 aliphatic carbocycles. The van der Waals surface area contributed by atoms with Crippen molar-refractivity contribution in [1.82, 2.24) is 5.16 Å². The van der Waals surface area contributed by atoms with Gasteiger partial charge in [-0.05, 0) is 39.0 Å². The summed E-state index contributed by atoms with van der Waals surface area (Å²) in [6.45, 7) is 5.29. The van der Waals surface area contributed by atoms with Crippen LogP contribution in [0.2, 0.25) is 0 Å². The smallest absolute Gasteiger partial charge is 0.413 e. The predicted molar refractivity (Wildman–Crippen MR) is 65.5 cm³/mol. The number of fused-ring (bicyclic) bond motifs is 1. The zero-order chi connectivity index (χ0) is 13.3. The van der Waals surface area contributed by atoms with E-state index in [1.165, 1.54) is 12.1 Å². The number of anilines is 1. The van der Waals surface area contributed by atoms with Crippen LogP contribution in [0.15, 0.2) is 22.7 Å². The van der Waals surface area contributed by atoms with Gasteiger partial charge in [-0.25, -0.2) is 4.79 Å². The van der Waals surface area contributed by atoms with Crippen LogP contribution < -0.4 is 5.32 Å². The number of phenols is 1. The lowest BCUT2D eigenvalue weighted by molar-refractivity contribution is 0.0635. The molecule has 1 heterocycles. The Bertz CT molecular complexity index is 583. The maximum atomic E-state index is 11.6. The number of amides is 1. The van der Waals surface area contributed by atoms with Crippen LogP contribution in [0.5, 0.6) is 5.75 Å². The second kappa shape index (κ2) is 4.21. The Morgan fingerprint density at radius 3 is 2.83 bits per heavy atom. The van der Waals surface area contributed by atoms with Gasteiger partial charge in [0, 0.05) is 0 Å². The minimum absolute atomic E-state index is 0.0675. The standard InChI is InChI=1S/C12H14N2O4/c1-12(2,3)17-11(16)13-10-8-6-7(15)4-5-9(8)18-14-10/h4-6,15H,1-3H3,(H,13,14,16). The molecule has 0 unspecified atom stereocenters. The van der Waals surface area contributed by atoms with Crippen molar-refractivity contribution in [3.8, 4) is 5.75 Å². The largest absolute Gasteiger partial charge is 0.508 e. The second-order valence-electron chi connectivity index (χ2n) is 4.84. The Hall–Kier alpha value is -2.24. The highest BCUT2D eigenvalue weighted by Crippen LogP contribution is 2.26. The van der Waals surface area contributed by atoms with Gasteiger partial charge < -0.3 is 14.4 Å². The summed E-state index contributed by atoms with van der Waals surface area (Å²) in [6, 6.07) is 4.50. The normalized spacial score (nSPS) is 11.5. The van der Waals surface area contributed by atoms with E-state index in [0.717, 1.165) is 0 Å². The van der Waals surface area contributed by atoms with Crippen molar-refractivity contribution in [3.05, 3.63) is 18.2 Å². The molecule has 0 atom stereocenters. The van der Waals surface area contributed by atoms with E-state index in [2.05, 4.69) is 10.5 Å². The van der Waals surface area contributed by atoms with Gasteiger partial charge in [-0.3, -0.25) is 5.32 Å². The molecule has 2 N–H and O–H groups in total. The molecule has 0 saturated heterocycles. The van der Waals surface area contributed by atoms with Gasteiger partial charge in [0.05, 0.1) is 5.39 Å². The lowest BCUT2D eigenvalue weighted by Gasteiger charge is -2.18. The Morgan fingerprint density at radius 1 is 1.44 bits per heavy atom. The van der Waals surface area contributed by atoms with Crippen LogP contribution in [0.3, 0.4) is 0 Å². The zero-order valence-electron chi connectivity index (χ0n) is 10.4. The molecule has 18 heavy (non-hydrogen) atoms. The van der Waals surface area contributed by atoms with Crippen LogP contribution in [0, 0.1) is 0 Å². The lowest BCUT2D eigenvalue weighted by Crippen LogP contribution is -2.27. The summed E-state index contributed by atoms with van der Waals surface area (Å²) in [6.07, 6.45) is -0.624. The fraction of sp³-hybridized carbons (Fsp3) is 0.333. The molecule has 1 aromatic heterocycles. The maximum absolute atomic E-state index is 11.6. The van der Waals surface area contributed by atoms with Gasteiger partial charge >= 0.3 is 6.09 Å². The Balaban J connectivity index is 2.22. The quantitative estimate of drug-likeness (QED) is 0.812. The van der Waals surface area contributed by atoms with Gasteiger partial charge in [-0.1, -0.05) is 5.16 Å². The van der Waals surface area contributed by atoms with Crippen molar-refractivity contribution in [3.63, 3.8) is 0 Å². The zero-order valence-corrected chi connectivity index (χ0v) is 10.4. The average molecular weight is 250 g/mol. The summed E-state index contributed by atoms with van der Waals surface area (Å²) >= 11 is 0. The molecule has 0 spiro atoms. The first kappa shape index (κ1) is 12.2. The van der Waals surface area contributed by atoms with Crippen molar-refractivity contribution in [2.45, 2.75) is 26.4 Å². The Morgan fingerprint density at radius 2 is 2.17 bits per heavy atom. The van der Waals surface area contributed by atoms with E-state index in [0.29, 0.717) is 11.0 Å². The van der Waals surface area contributed by atoms with E-state index in [9.17, 15) is 9.90 Å². The average Bonchev–Trinajstić information content (AvgIpc) is 2.58. The number of hydrogen-bond donors (Lipinski definition) is 2. The second-order valence-corrected chi connectivity index (χ2v) is 4.84. The predicted octanol–water partition coefficient (Wildman–Crippen LogP) is 2.88. The highest BCUT2D eigenvalue weighted by molar-refractivity contribution is 5.96. The fourth-order valence-electron chi connectivity index (χ4n) is 1.42. The minimum Gasteiger partial charge on any atom is -0.508 e. The molecule has 0 bridgehead atoms. The van der Waals surface area contributed by atoms with Crippen molar-refractivity contribution in [2.75, 3.05) is 5.32 Å². The third-order valence-electron chi connectivity index (χ3n) is 2.07. The van der Waals surface area contributed by atoms with E-state index in [-0.39, 0.29) is 11.6 Å². The first-order valence-electron chi connectivity index (χ1n) is 5.43. The SMILES string of the molecule is CC(C)(C)OC(=O)Nc1noc2ccc(O)cc12. The van der Waals surface area contributed by atoms with Gasteiger partial charge in [0.25, 0.3) is 0 Å². The topological polar surface area (TPSA) is 84.6 Å². The summed E-state index contributed by atoms with van der Waals surface area (Å²) in [5.41, 5.74) is -0.120. The molecule has 0 aliphatic heterocycles. The molecule has 1 amide bonds. The van der Waals surface area contributed by atoms with E-state index in [1.54, 1.807) is 26.8 Å². The summed E-state index contributed by atoms with van der Waals surface area (Å²) < 4.78 is 10.1. The Labute approximate surface area is 104 Å². The number of rotatable bonds is 1. The van der Waals surface area contributed by atoms with Crippen LogP contribution in [-0.2, 0) is 4.74 Å².